The van der Waals surface area contributed by atoms with E-state index in [0.717, 1.165) is 17.9 Å². The highest BCUT2D eigenvalue weighted by molar-refractivity contribution is 14.0. The van der Waals surface area contributed by atoms with Crippen LogP contribution in [-0.4, -0.2) is 67.4 Å². The quantitative estimate of drug-likeness (QED) is 0.213. The maximum absolute atomic E-state index is 12.6. The van der Waals surface area contributed by atoms with E-state index in [4.69, 9.17) is 9.47 Å². The van der Waals surface area contributed by atoms with Crippen molar-refractivity contribution in [3.63, 3.8) is 0 Å². The van der Waals surface area contributed by atoms with Gasteiger partial charge in [0.1, 0.15) is 5.60 Å². The number of rotatable bonds is 10. The monoisotopic (exact) mass is 521 g/mol. The SMILES string of the molecule is CCOCCNC(=NC)NCCCN(Cc1cccnc1)C(=O)OC(C)(C)C.I. The minimum Gasteiger partial charge on any atom is -0.444 e. The highest BCUT2D eigenvalue weighted by Gasteiger charge is 2.22. The number of nitrogens with zero attached hydrogens (tertiary/aromatic N) is 3. The molecule has 9 heteroatoms. The molecule has 0 spiro atoms. The zero-order valence-electron chi connectivity index (χ0n) is 18.2. The van der Waals surface area contributed by atoms with E-state index >= 15 is 0 Å². The van der Waals surface area contributed by atoms with E-state index in [0.29, 0.717) is 39.4 Å². The summed E-state index contributed by atoms with van der Waals surface area (Å²) in [6, 6.07) is 3.81. The molecule has 1 rings (SSSR count). The van der Waals surface area contributed by atoms with E-state index in [1.54, 1.807) is 24.3 Å². The van der Waals surface area contributed by atoms with Crippen molar-refractivity contribution in [3.8, 4) is 0 Å². The van der Waals surface area contributed by atoms with E-state index < -0.39 is 5.60 Å². The summed E-state index contributed by atoms with van der Waals surface area (Å²) in [5.74, 6) is 0.718. The average Bonchev–Trinajstić information content (AvgIpc) is 2.65. The highest BCUT2D eigenvalue weighted by Crippen LogP contribution is 2.12. The molecule has 1 heterocycles. The van der Waals surface area contributed by atoms with Gasteiger partial charge in [-0.15, -0.1) is 24.0 Å². The average molecular weight is 521 g/mol. The maximum atomic E-state index is 12.6. The van der Waals surface area contributed by atoms with Crippen LogP contribution in [0.2, 0.25) is 0 Å². The molecule has 166 valence electrons. The summed E-state index contributed by atoms with van der Waals surface area (Å²) in [7, 11) is 1.73. The van der Waals surface area contributed by atoms with Crippen LogP contribution in [0.15, 0.2) is 29.5 Å². The number of amides is 1. The largest absolute Gasteiger partial charge is 0.444 e. The molecule has 0 saturated carbocycles. The van der Waals surface area contributed by atoms with Gasteiger partial charge in [0, 0.05) is 45.7 Å². The van der Waals surface area contributed by atoms with Gasteiger partial charge in [0.25, 0.3) is 0 Å². The number of ether oxygens (including phenoxy) is 2. The van der Waals surface area contributed by atoms with Crippen molar-refractivity contribution >= 4 is 36.0 Å². The lowest BCUT2D eigenvalue weighted by Gasteiger charge is -2.27. The van der Waals surface area contributed by atoms with Gasteiger partial charge in [-0.2, -0.15) is 0 Å². The van der Waals surface area contributed by atoms with Crippen LogP contribution < -0.4 is 10.6 Å². The summed E-state index contributed by atoms with van der Waals surface area (Å²) < 4.78 is 10.8. The fraction of sp³-hybridized carbons (Fsp3) is 0.650. The Morgan fingerprint density at radius 3 is 2.59 bits per heavy atom. The van der Waals surface area contributed by atoms with Gasteiger partial charge in [-0.1, -0.05) is 6.07 Å². The van der Waals surface area contributed by atoms with Crippen molar-refractivity contribution in [1.82, 2.24) is 20.5 Å². The summed E-state index contributed by atoms with van der Waals surface area (Å²) in [5.41, 5.74) is 0.435. The van der Waals surface area contributed by atoms with Gasteiger partial charge in [0.15, 0.2) is 5.96 Å². The molecule has 2 N–H and O–H groups in total. The van der Waals surface area contributed by atoms with Gasteiger partial charge in [-0.05, 0) is 45.7 Å². The number of aliphatic imine (C=N–C) groups is 1. The third kappa shape index (κ3) is 13.3. The third-order valence-corrected chi connectivity index (χ3v) is 3.61. The van der Waals surface area contributed by atoms with Crippen molar-refractivity contribution < 1.29 is 14.3 Å². The Bertz CT molecular complexity index is 594. The Balaban J connectivity index is 0.00000784. The van der Waals surface area contributed by atoms with Gasteiger partial charge in [0.2, 0.25) is 0 Å². The van der Waals surface area contributed by atoms with E-state index in [1.807, 2.05) is 39.8 Å². The second-order valence-corrected chi connectivity index (χ2v) is 7.24. The number of nitrogens with one attached hydrogen (secondary N) is 2. The number of hydrogen-bond donors (Lipinski definition) is 2. The standard InChI is InChI=1S/C20H35N5O3.HI/c1-6-27-14-12-24-18(21-5)23-11-8-13-25(19(26)28-20(2,3)4)16-17-9-7-10-22-15-17;/h7,9-10,15H,6,8,11-14,16H2,1-5H3,(H2,21,23,24);1H. The number of aromatic nitrogens is 1. The van der Waals surface area contributed by atoms with Crippen LogP contribution in [0.5, 0.6) is 0 Å². The minimum absolute atomic E-state index is 0. The van der Waals surface area contributed by atoms with Crippen molar-refractivity contribution in [2.24, 2.45) is 4.99 Å². The number of halogens is 1. The molecular weight excluding hydrogens is 485 g/mol. The summed E-state index contributed by atoms with van der Waals surface area (Å²) in [6.07, 6.45) is 3.91. The minimum atomic E-state index is -0.533. The van der Waals surface area contributed by atoms with Gasteiger partial charge in [0.05, 0.1) is 13.2 Å². The van der Waals surface area contributed by atoms with Crippen molar-refractivity contribution in [2.75, 3.05) is 39.9 Å². The fourth-order valence-electron chi connectivity index (χ4n) is 2.36. The van der Waals surface area contributed by atoms with Gasteiger partial charge in [-0.3, -0.25) is 9.98 Å². The molecule has 0 aliphatic carbocycles. The molecule has 1 amide bonds. The lowest BCUT2D eigenvalue weighted by atomic mass is 10.2. The summed E-state index contributed by atoms with van der Waals surface area (Å²) >= 11 is 0. The molecule has 1 aromatic rings. The number of pyridine rings is 1. The van der Waals surface area contributed by atoms with E-state index in [9.17, 15) is 4.79 Å². The van der Waals surface area contributed by atoms with Crippen LogP contribution in [0.1, 0.15) is 39.7 Å². The molecule has 0 aliphatic rings. The molecule has 0 aliphatic heterocycles. The first kappa shape index (κ1) is 27.4. The number of guanidine groups is 1. The summed E-state index contributed by atoms with van der Waals surface area (Å²) in [5, 5.41) is 6.43. The Hall–Kier alpha value is -1.62. The number of carbonyl (C=O) groups is 1. The molecule has 29 heavy (non-hydrogen) atoms. The second kappa shape index (κ2) is 15.3. The third-order valence-electron chi connectivity index (χ3n) is 3.61. The lowest BCUT2D eigenvalue weighted by Crippen LogP contribution is -2.41. The highest BCUT2D eigenvalue weighted by atomic mass is 127. The maximum Gasteiger partial charge on any atom is 0.410 e. The predicted molar refractivity (Wildman–Crippen MR) is 127 cm³/mol. The molecule has 0 radical (unpaired) electrons. The van der Waals surface area contributed by atoms with Crippen LogP contribution >= 0.6 is 24.0 Å². The van der Waals surface area contributed by atoms with Crippen LogP contribution in [0, 0.1) is 0 Å². The molecular formula is C20H36IN5O3. The Labute approximate surface area is 191 Å². The van der Waals surface area contributed by atoms with E-state index in [-0.39, 0.29) is 30.1 Å². The Morgan fingerprint density at radius 2 is 2.00 bits per heavy atom. The first-order valence-electron chi connectivity index (χ1n) is 9.74. The lowest BCUT2D eigenvalue weighted by molar-refractivity contribution is 0.0232. The number of carbonyl (C=O) groups excluding carboxylic acids is 1. The Morgan fingerprint density at radius 1 is 1.28 bits per heavy atom. The predicted octanol–water partition coefficient (Wildman–Crippen LogP) is 3.03. The molecule has 0 atom stereocenters. The summed E-state index contributed by atoms with van der Waals surface area (Å²) in [6.45, 7) is 11.3. The second-order valence-electron chi connectivity index (χ2n) is 7.24. The Kier molecular flexibility index (Phi) is 14.4. The van der Waals surface area contributed by atoms with E-state index in [2.05, 4.69) is 20.6 Å². The van der Waals surface area contributed by atoms with Gasteiger partial charge >= 0.3 is 6.09 Å². The van der Waals surface area contributed by atoms with Crippen LogP contribution in [0.4, 0.5) is 4.79 Å². The van der Waals surface area contributed by atoms with Gasteiger partial charge < -0.3 is 25.0 Å². The molecule has 1 aromatic heterocycles. The number of hydrogen-bond acceptors (Lipinski definition) is 5. The van der Waals surface area contributed by atoms with Crippen LogP contribution in [-0.2, 0) is 16.0 Å². The molecule has 8 nitrogen and oxygen atoms in total. The molecule has 0 saturated heterocycles. The molecule has 0 fully saturated rings. The molecule has 0 bridgehead atoms. The van der Waals surface area contributed by atoms with E-state index in [1.165, 1.54) is 0 Å². The zero-order valence-corrected chi connectivity index (χ0v) is 20.6. The van der Waals surface area contributed by atoms with Crippen LogP contribution in [0.3, 0.4) is 0 Å². The van der Waals surface area contributed by atoms with Crippen molar-refractivity contribution in [2.45, 2.75) is 46.3 Å². The first-order valence-corrected chi connectivity index (χ1v) is 9.74. The van der Waals surface area contributed by atoms with Crippen molar-refractivity contribution in [1.29, 1.82) is 0 Å². The van der Waals surface area contributed by atoms with Gasteiger partial charge in [-0.25, -0.2) is 4.79 Å². The first-order chi connectivity index (χ1) is 13.4. The van der Waals surface area contributed by atoms with Crippen molar-refractivity contribution in [3.05, 3.63) is 30.1 Å². The smallest absolute Gasteiger partial charge is 0.410 e. The summed E-state index contributed by atoms with van der Waals surface area (Å²) in [4.78, 5) is 22.6. The fourth-order valence-corrected chi connectivity index (χ4v) is 2.36. The molecule has 0 unspecified atom stereocenters. The normalized spacial score (nSPS) is 11.4. The topological polar surface area (TPSA) is 88.1 Å². The molecule has 0 aromatic carbocycles. The van der Waals surface area contributed by atoms with Crippen LogP contribution in [0.25, 0.3) is 0 Å². The zero-order chi connectivity index (χ0) is 20.8.